The van der Waals surface area contributed by atoms with Crippen LogP contribution < -0.4 is 0 Å². The highest BCUT2D eigenvalue weighted by molar-refractivity contribution is 5.90. The molecule has 0 heterocycles. The van der Waals surface area contributed by atoms with Crippen molar-refractivity contribution in [1.29, 1.82) is 0 Å². The van der Waals surface area contributed by atoms with E-state index >= 15 is 0 Å². The molecule has 2 aromatic rings. The van der Waals surface area contributed by atoms with Gasteiger partial charge >= 0.3 is 5.97 Å². The molecule has 0 atom stereocenters. The summed E-state index contributed by atoms with van der Waals surface area (Å²) in [6.45, 7) is 4.74. The maximum Gasteiger partial charge on any atom is 0.338 e. The number of unbranched alkanes of at least 4 members (excludes halogenated alkanes) is 5. The van der Waals surface area contributed by atoms with Gasteiger partial charge in [-0.25, -0.2) is 9.18 Å². The summed E-state index contributed by atoms with van der Waals surface area (Å²) < 4.78 is 19.7. The Morgan fingerprint density at radius 1 is 0.889 bits per heavy atom. The van der Waals surface area contributed by atoms with E-state index in [-0.39, 0.29) is 11.8 Å². The van der Waals surface area contributed by atoms with Crippen molar-refractivity contribution in [2.45, 2.75) is 65.2 Å². The first-order valence-electron chi connectivity index (χ1n) is 10.2. The van der Waals surface area contributed by atoms with Gasteiger partial charge in [-0.05, 0) is 42.2 Å². The van der Waals surface area contributed by atoms with E-state index in [2.05, 4.69) is 13.8 Å². The van der Waals surface area contributed by atoms with Crippen molar-refractivity contribution in [3.8, 4) is 11.1 Å². The molecule has 0 aliphatic carbocycles. The van der Waals surface area contributed by atoms with Crippen molar-refractivity contribution in [2.75, 3.05) is 6.61 Å². The fourth-order valence-corrected chi connectivity index (χ4v) is 3.15. The molecule has 2 rings (SSSR count). The van der Waals surface area contributed by atoms with Crippen molar-refractivity contribution in [3.05, 3.63) is 59.4 Å². The van der Waals surface area contributed by atoms with Gasteiger partial charge in [0.1, 0.15) is 5.82 Å². The predicted molar refractivity (Wildman–Crippen MR) is 109 cm³/mol. The molecule has 0 spiro atoms. The number of hydrogen-bond donors (Lipinski definition) is 0. The van der Waals surface area contributed by atoms with Gasteiger partial charge in [0.05, 0.1) is 12.2 Å². The molecule has 0 N–H and O–H groups in total. The third-order valence-corrected chi connectivity index (χ3v) is 4.73. The van der Waals surface area contributed by atoms with E-state index in [4.69, 9.17) is 4.74 Å². The summed E-state index contributed by atoms with van der Waals surface area (Å²) in [4.78, 5) is 12.1. The van der Waals surface area contributed by atoms with Gasteiger partial charge in [-0.3, -0.25) is 0 Å². The number of aryl methyl sites for hydroxylation is 1. The number of benzene rings is 2. The van der Waals surface area contributed by atoms with Gasteiger partial charge in [0.2, 0.25) is 0 Å². The van der Waals surface area contributed by atoms with E-state index < -0.39 is 0 Å². The van der Waals surface area contributed by atoms with Gasteiger partial charge < -0.3 is 4.74 Å². The Balaban J connectivity index is 1.86. The molecule has 2 nitrogen and oxygen atoms in total. The first-order chi connectivity index (χ1) is 13.2. The first-order valence-corrected chi connectivity index (χ1v) is 10.2. The summed E-state index contributed by atoms with van der Waals surface area (Å²) in [7, 11) is 0. The van der Waals surface area contributed by atoms with Crippen molar-refractivity contribution >= 4 is 5.97 Å². The average Bonchev–Trinajstić information content (AvgIpc) is 2.68. The van der Waals surface area contributed by atoms with E-state index in [9.17, 15) is 9.18 Å². The molecule has 2 aromatic carbocycles. The van der Waals surface area contributed by atoms with Crippen LogP contribution in [0.1, 0.15) is 74.7 Å². The Morgan fingerprint density at radius 3 is 2.26 bits per heavy atom. The largest absolute Gasteiger partial charge is 0.462 e. The highest BCUT2D eigenvalue weighted by Gasteiger charge is 2.10. The Morgan fingerprint density at radius 2 is 1.59 bits per heavy atom. The highest BCUT2D eigenvalue weighted by Crippen LogP contribution is 2.24. The van der Waals surface area contributed by atoms with Gasteiger partial charge in [0.15, 0.2) is 0 Å². The van der Waals surface area contributed by atoms with E-state index in [0.29, 0.717) is 17.7 Å². The van der Waals surface area contributed by atoms with Crippen LogP contribution in [0.4, 0.5) is 4.39 Å². The normalized spacial score (nSPS) is 10.8. The molecule has 0 aliphatic heterocycles. The molecular weight excluding hydrogens is 339 g/mol. The molecule has 0 saturated carbocycles. The van der Waals surface area contributed by atoms with Crippen molar-refractivity contribution < 1.29 is 13.9 Å². The topological polar surface area (TPSA) is 26.3 Å². The quantitative estimate of drug-likeness (QED) is 0.315. The van der Waals surface area contributed by atoms with Gasteiger partial charge in [0, 0.05) is 5.56 Å². The Kier molecular flexibility index (Phi) is 9.03. The molecule has 146 valence electrons. The number of hydrogen-bond acceptors (Lipinski definition) is 2. The third kappa shape index (κ3) is 6.82. The molecule has 27 heavy (non-hydrogen) atoms. The first kappa shape index (κ1) is 21.1. The smallest absolute Gasteiger partial charge is 0.338 e. The van der Waals surface area contributed by atoms with Gasteiger partial charge in [0.25, 0.3) is 0 Å². The predicted octanol–water partition coefficient (Wildman–Crippen LogP) is 6.96. The third-order valence-electron chi connectivity index (χ3n) is 4.73. The number of ether oxygens (including phenoxy) is 1. The number of rotatable bonds is 11. The van der Waals surface area contributed by atoms with E-state index in [1.165, 1.54) is 25.7 Å². The Labute approximate surface area is 162 Å². The summed E-state index contributed by atoms with van der Waals surface area (Å²) >= 11 is 0. The van der Waals surface area contributed by atoms with E-state index in [1.807, 2.05) is 12.1 Å². The number of esters is 1. The van der Waals surface area contributed by atoms with Crippen molar-refractivity contribution in [2.24, 2.45) is 0 Å². The lowest BCUT2D eigenvalue weighted by Crippen LogP contribution is -2.06. The molecular formula is C24H31FO2. The van der Waals surface area contributed by atoms with Crippen LogP contribution in [0, 0.1) is 5.82 Å². The molecule has 0 aromatic heterocycles. The zero-order valence-corrected chi connectivity index (χ0v) is 16.6. The van der Waals surface area contributed by atoms with E-state index in [1.54, 1.807) is 30.3 Å². The maximum atomic E-state index is 14.3. The maximum absolute atomic E-state index is 14.3. The van der Waals surface area contributed by atoms with E-state index in [0.717, 1.165) is 36.8 Å². The lowest BCUT2D eigenvalue weighted by Gasteiger charge is -2.08. The molecule has 0 aliphatic rings. The van der Waals surface area contributed by atoms with Gasteiger partial charge in [-0.15, -0.1) is 0 Å². The van der Waals surface area contributed by atoms with Crippen LogP contribution in [0.5, 0.6) is 0 Å². The minimum Gasteiger partial charge on any atom is -0.462 e. The minimum absolute atomic E-state index is 0.223. The molecule has 0 radical (unpaired) electrons. The summed E-state index contributed by atoms with van der Waals surface area (Å²) in [5, 5.41) is 0. The summed E-state index contributed by atoms with van der Waals surface area (Å²) in [5.41, 5.74) is 2.84. The molecule has 0 fully saturated rings. The second-order valence-electron chi connectivity index (χ2n) is 7.05. The van der Waals surface area contributed by atoms with Crippen LogP contribution in [-0.4, -0.2) is 12.6 Å². The second-order valence-corrected chi connectivity index (χ2v) is 7.05. The standard InChI is InChI=1S/C24H31FO2/c1-3-5-6-7-8-9-17-27-24(26)21-14-12-20(13-15-21)22-16-11-19(10-4-2)18-23(22)25/h11-16,18H,3-10,17H2,1-2H3. The number of carbonyl (C=O) groups is 1. The zero-order chi connectivity index (χ0) is 19.5. The monoisotopic (exact) mass is 370 g/mol. The lowest BCUT2D eigenvalue weighted by molar-refractivity contribution is 0.0497. The lowest BCUT2D eigenvalue weighted by atomic mass is 10.0. The van der Waals surface area contributed by atoms with Crippen LogP contribution in [0.2, 0.25) is 0 Å². The molecule has 0 amide bonds. The summed E-state index contributed by atoms with van der Waals surface area (Å²) in [5.74, 6) is -0.534. The zero-order valence-electron chi connectivity index (χ0n) is 16.6. The van der Waals surface area contributed by atoms with Crippen LogP contribution in [0.15, 0.2) is 42.5 Å². The van der Waals surface area contributed by atoms with Crippen molar-refractivity contribution in [1.82, 2.24) is 0 Å². The Bertz CT molecular complexity index is 707. The summed E-state index contributed by atoms with van der Waals surface area (Å²) in [6.07, 6.45) is 8.83. The van der Waals surface area contributed by atoms with Crippen LogP contribution in [-0.2, 0) is 11.2 Å². The summed E-state index contributed by atoms with van der Waals surface area (Å²) in [6, 6.07) is 12.3. The van der Waals surface area contributed by atoms with Crippen LogP contribution >= 0.6 is 0 Å². The Hall–Kier alpha value is -2.16. The fourth-order valence-electron chi connectivity index (χ4n) is 3.15. The van der Waals surface area contributed by atoms with Crippen LogP contribution in [0.25, 0.3) is 11.1 Å². The van der Waals surface area contributed by atoms with Gasteiger partial charge in [-0.1, -0.05) is 76.6 Å². The van der Waals surface area contributed by atoms with Crippen LogP contribution in [0.3, 0.4) is 0 Å². The SMILES string of the molecule is CCCCCCCCOC(=O)c1ccc(-c2ccc(CCC)cc2F)cc1. The minimum atomic E-state index is -0.311. The van der Waals surface area contributed by atoms with Crippen molar-refractivity contribution in [3.63, 3.8) is 0 Å². The molecule has 3 heteroatoms. The number of halogens is 1. The highest BCUT2D eigenvalue weighted by atomic mass is 19.1. The number of carbonyl (C=O) groups excluding carboxylic acids is 1. The fraction of sp³-hybridized carbons (Fsp3) is 0.458. The van der Waals surface area contributed by atoms with Gasteiger partial charge in [-0.2, -0.15) is 0 Å². The second kappa shape index (κ2) is 11.5. The molecule has 0 saturated heterocycles. The molecule has 0 bridgehead atoms. The average molecular weight is 371 g/mol. The molecule has 0 unspecified atom stereocenters.